The van der Waals surface area contributed by atoms with Crippen molar-refractivity contribution in [2.24, 2.45) is 0 Å². The van der Waals surface area contributed by atoms with Crippen molar-refractivity contribution in [3.05, 3.63) is 34.9 Å². The highest BCUT2D eigenvalue weighted by molar-refractivity contribution is 5.64. The van der Waals surface area contributed by atoms with Gasteiger partial charge in [0, 0.05) is 19.6 Å². The number of aliphatic hydroxyl groups is 1. The Kier molecular flexibility index (Phi) is 5.61. The van der Waals surface area contributed by atoms with Gasteiger partial charge < -0.3 is 20.8 Å². The smallest absolute Gasteiger partial charge is 0.404 e. The van der Waals surface area contributed by atoms with Crippen LogP contribution in [0.3, 0.4) is 0 Å². The van der Waals surface area contributed by atoms with Crippen molar-refractivity contribution in [2.45, 2.75) is 26.5 Å². The third-order valence-electron chi connectivity index (χ3n) is 2.77. The monoisotopic (exact) mass is 252 g/mol. The van der Waals surface area contributed by atoms with E-state index in [1.165, 1.54) is 11.1 Å². The number of aryl methyl sites for hydroxylation is 2. The maximum absolute atomic E-state index is 10.2. The van der Waals surface area contributed by atoms with E-state index in [1.807, 2.05) is 6.07 Å². The molecule has 5 heteroatoms. The summed E-state index contributed by atoms with van der Waals surface area (Å²) >= 11 is 0. The van der Waals surface area contributed by atoms with Crippen molar-refractivity contribution in [1.82, 2.24) is 10.6 Å². The molecule has 1 rings (SSSR count). The van der Waals surface area contributed by atoms with Gasteiger partial charge in [0.05, 0.1) is 6.10 Å². The summed E-state index contributed by atoms with van der Waals surface area (Å²) in [5.74, 6) is 0. The van der Waals surface area contributed by atoms with Crippen LogP contribution < -0.4 is 10.6 Å². The highest BCUT2D eigenvalue weighted by Gasteiger charge is 2.05. The molecule has 0 aromatic heterocycles. The van der Waals surface area contributed by atoms with E-state index in [0.29, 0.717) is 13.1 Å². The molecule has 1 aromatic rings. The summed E-state index contributed by atoms with van der Waals surface area (Å²) in [6, 6.07) is 6.20. The van der Waals surface area contributed by atoms with Crippen molar-refractivity contribution >= 4 is 6.09 Å². The summed E-state index contributed by atoms with van der Waals surface area (Å²) in [5.41, 5.74) is 3.64. The van der Waals surface area contributed by atoms with E-state index in [1.54, 1.807) is 0 Å². The molecular formula is C13H20N2O3. The van der Waals surface area contributed by atoms with E-state index < -0.39 is 12.2 Å². The molecule has 0 heterocycles. The van der Waals surface area contributed by atoms with Gasteiger partial charge in [0.1, 0.15) is 0 Å². The number of hydrogen-bond acceptors (Lipinski definition) is 3. The van der Waals surface area contributed by atoms with Crippen LogP contribution >= 0.6 is 0 Å². The summed E-state index contributed by atoms with van der Waals surface area (Å²) < 4.78 is 0. The predicted octanol–water partition coefficient (Wildman–Crippen LogP) is 1.02. The van der Waals surface area contributed by atoms with Crippen LogP contribution in [0.4, 0.5) is 4.79 Å². The number of nitrogens with one attached hydrogen (secondary N) is 2. The number of amides is 1. The normalized spacial score (nSPS) is 12.2. The molecule has 5 nitrogen and oxygen atoms in total. The Morgan fingerprint density at radius 1 is 1.28 bits per heavy atom. The molecule has 18 heavy (non-hydrogen) atoms. The highest BCUT2D eigenvalue weighted by Crippen LogP contribution is 2.09. The van der Waals surface area contributed by atoms with E-state index in [2.05, 4.69) is 36.6 Å². The zero-order valence-corrected chi connectivity index (χ0v) is 10.7. The maximum Gasteiger partial charge on any atom is 0.404 e. The molecule has 1 atom stereocenters. The lowest BCUT2D eigenvalue weighted by molar-refractivity contribution is 0.155. The Balaban J connectivity index is 2.28. The van der Waals surface area contributed by atoms with Crippen molar-refractivity contribution in [2.75, 3.05) is 13.1 Å². The van der Waals surface area contributed by atoms with Gasteiger partial charge in [-0.3, -0.25) is 0 Å². The zero-order valence-electron chi connectivity index (χ0n) is 10.7. The van der Waals surface area contributed by atoms with Crippen LogP contribution in [0.1, 0.15) is 16.7 Å². The molecule has 0 radical (unpaired) electrons. The first-order valence-electron chi connectivity index (χ1n) is 5.90. The van der Waals surface area contributed by atoms with Gasteiger partial charge in [-0.2, -0.15) is 0 Å². The second kappa shape index (κ2) is 6.98. The first kappa shape index (κ1) is 14.5. The lowest BCUT2D eigenvalue weighted by atomic mass is 10.1. The molecule has 0 aliphatic carbocycles. The first-order valence-corrected chi connectivity index (χ1v) is 5.90. The summed E-state index contributed by atoms with van der Waals surface area (Å²) in [6.45, 7) is 5.17. The number of carboxylic acid groups (broad SMARTS) is 1. The van der Waals surface area contributed by atoms with Gasteiger partial charge in [-0.25, -0.2) is 4.79 Å². The number of aliphatic hydroxyl groups excluding tert-OH is 1. The van der Waals surface area contributed by atoms with E-state index in [4.69, 9.17) is 5.11 Å². The molecule has 1 unspecified atom stereocenters. The molecule has 0 saturated carbocycles. The van der Waals surface area contributed by atoms with Gasteiger partial charge >= 0.3 is 6.09 Å². The number of carbonyl (C=O) groups is 1. The van der Waals surface area contributed by atoms with Gasteiger partial charge in [0.2, 0.25) is 0 Å². The number of hydrogen-bond donors (Lipinski definition) is 4. The molecule has 0 bridgehead atoms. The fourth-order valence-electron chi connectivity index (χ4n) is 1.57. The summed E-state index contributed by atoms with van der Waals surface area (Å²) in [6.07, 6.45) is -1.84. The van der Waals surface area contributed by atoms with E-state index >= 15 is 0 Å². The maximum atomic E-state index is 10.2. The molecule has 0 fully saturated rings. The van der Waals surface area contributed by atoms with Crippen LogP contribution in [0.15, 0.2) is 18.2 Å². The minimum atomic E-state index is -1.12. The largest absolute Gasteiger partial charge is 0.465 e. The summed E-state index contributed by atoms with van der Waals surface area (Å²) in [5, 5.41) is 23.1. The fraction of sp³-hybridized carbons (Fsp3) is 0.462. The average molecular weight is 252 g/mol. The van der Waals surface area contributed by atoms with E-state index in [-0.39, 0.29) is 6.54 Å². The van der Waals surface area contributed by atoms with Gasteiger partial charge in [0.15, 0.2) is 0 Å². The van der Waals surface area contributed by atoms with Crippen molar-refractivity contribution in [1.29, 1.82) is 0 Å². The van der Waals surface area contributed by atoms with Crippen molar-refractivity contribution in [3.63, 3.8) is 0 Å². The Morgan fingerprint density at radius 2 is 2.00 bits per heavy atom. The molecule has 0 aliphatic heterocycles. The Bertz CT molecular complexity index is 407. The van der Waals surface area contributed by atoms with Gasteiger partial charge in [-0.15, -0.1) is 0 Å². The Hall–Kier alpha value is -1.59. The van der Waals surface area contributed by atoms with Crippen LogP contribution in [0.25, 0.3) is 0 Å². The molecule has 0 spiro atoms. The van der Waals surface area contributed by atoms with Crippen molar-refractivity contribution < 1.29 is 15.0 Å². The number of rotatable bonds is 6. The van der Waals surface area contributed by atoms with Crippen LogP contribution in [0, 0.1) is 13.8 Å². The summed E-state index contributed by atoms with van der Waals surface area (Å²) in [7, 11) is 0. The molecular weight excluding hydrogens is 232 g/mol. The van der Waals surface area contributed by atoms with Crippen LogP contribution in [0.5, 0.6) is 0 Å². The van der Waals surface area contributed by atoms with E-state index in [0.717, 1.165) is 5.56 Å². The minimum absolute atomic E-state index is 0.0370. The average Bonchev–Trinajstić information content (AvgIpc) is 2.31. The topological polar surface area (TPSA) is 81.6 Å². The first-order chi connectivity index (χ1) is 8.49. The molecule has 0 saturated heterocycles. The lowest BCUT2D eigenvalue weighted by Crippen LogP contribution is -2.37. The Morgan fingerprint density at radius 3 is 2.61 bits per heavy atom. The highest BCUT2D eigenvalue weighted by atomic mass is 16.4. The zero-order chi connectivity index (χ0) is 13.5. The van der Waals surface area contributed by atoms with Gasteiger partial charge in [-0.05, 0) is 30.5 Å². The third-order valence-corrected chi connectivity index (χ3v) is 2.77. The van der Waals surface area contributed by atoms with Crippen LogP contribution in [0.2, 0.25) is 0 Å². The second-order valence-electron chi connectivity index (χ2n) is 4.39. The Labute approximate surface area is 107 Å². The third kappa shape index (κ3) is 5.16. The quantitative estimate of drug-likeness (QED) is 0.609. The predicted molar refractivity (Wildman–Crippen MR) is 69.7 cm³/mol. The fourth-order valence-corrected chi connectivity index (χ4v) is 1.57. The van der Waals surface area contributed by atoms with Crippen molar-refractivity contribution in [3.8, 4) is 0 Å². The van der Waals surface area contributed by atoms with Gasteiger partial charge in [0.25, 0.3) is 0 Å². The molecule has 0 aliphatic rings. The second-order valence-corrected chi connectivity index (χ2v) is 4.39. The molecule has 1 aromatic carbocycles. The van der Waals surface area contributed by atoms with Crippen LogP contribution in [-0.2, 0) is 6.54 Å². The molecule has 1 amide bonds. The van der Waals surface area contributed by atoms with Gasteiger partial charge in [-0.1, -0.05) is 18.2 Å². The van der Waals surface area contributed by atoms with E-state index in [9.17, 15) is 9.90 Å². The molecule has 100 valence electrons. The standard InChI is InChI=1S/C13H20N2O3/c1-9-3-4-11(5-10(9)2)6-14-7-12(16)8-15-13(17)18/h3-5,12,14-16H,6-8H2,1-2H3,(H,17,18). The lowest BCUT2D eigenvalue weighted by Gasteiger charge is -2.12. The number of benzene rings is 1. The molecule has 4 N–H and O–H groups in total. The van der Waals surface area contributed by atoms with Crippen LogP contribution in [-0.4, -0.2) is 35.5 Å². The minimum Gasteiger partial charge on any atom is -0.465 e. The summed E-state index contributed by atoms with van der Waals surface area (Å²) in [4.78, 5) is 10.2. The SMILES string of the molecule is Cc1ccc(CNCC(O)CNC(=O)O)cc1C.